The summed E-state index contributed by atoms with van der Waals surface area (Å²) in [5.74, 6) is 0.116. The second kappa shape index (κ2) is 7.43. The summed E-state index contributed by atoms with van der Waals surface area (Å²) >= 11 is 0. The lowest BCUT2D eigenvalue weighted by Crippen LogP contribution is -2.24. The first-order valence-electron chi connectivity index (χ1n) is 9.77. The molecule has 0 N–H and O–H groups in total. The SMILES string of the molecule is CCCCc1cnc(CS(C)(=O)=O)nc1-c1cc(C)c(=O)n2c1CC(C)(C)C2. The fourth-order valence-electron chi connectivity index (χ4n) is 3.87. The molecule has 0 fully saturated rings. The van der Waals surface area contributed by atoms with E-state index >= 15 is 0 Å². The normalized spacial score (nSPS) is 15.6. The standard InChI is InChI=1S/C21H29N3O3S/c1-6-7-8-15-11-22-18(12-28(5,26)27)23-19(15)16-9-14(2)20(25)24-13-21(3,4)10-17(16)24/h9,11H,6-8,10,12-13H2,1-5H3. The van der Waals surface area contributed by atoms with Crippen molar-refractivity contribution in [2.75, 3.05) is 6.26 Å². The Bertz CT molecular complexity index is 1070. The predicted molar refractivity (Wildman–Crippen MR) is 111 cm³/mol. The molecule has 1 aliphatic rings. The van der Waals surface area contributed by atoms with Crippen LogP contribution in [0.4, 0.5) is 0 Å². The third kappa shape index (κ3) is 4.35. The zero-order valence-electron chi connectivity index (χ0n) is 17.4. The number of nitrogens with zero attached hydrogens (tertiary/aromatic N) is 3. The number of unbranched alkanes of at least 4 members (excludes halogenated alkanes) is 1. The first kappa shape index (κ1) is 20.7. The minimum Gasteiger partial charge on any atom is -0.311 e. The molecule has 0 saturated heterocycles. The summed E-state index contributed by atoms with van der Waals surface area (Å²) in [6.07, 6.45) is 6.61. The van der Waals surface area contributed by atoms with E-state index in [1.54, 1.807) is 6.20 Å². The van der Waals surface area contributed by atoms with Crippen molar-refractivity contribution in [3.05, 3.63) is 45.3 Å². The van der Waals surface area contributed by atoms with Gasteiger partial charge in [0, 0.05) is 35.8 Å². The van der Waals surface area contributed by atoms with Gasteiger partial charge in [0.1, 0.15) is 11.6 Å². The Morgan fingerprint density at radius 1 is 1.29 bits per heavy atom. The van der Waals surface area contributed by atoms with Crippen molar-refractivity contribution >= 4 is 9.84 Å². The fraction of sp³-hybridized carbons (Fsp3) is 0.571. The molecule has 2 aromatic heterocycles. The molecule has 0 aliphatic carbocycles. The number of fused-ring (bicyclic) bond motifs is 1. The lowest BCUT2D eigenvalue weighted by Gasteiger charge is -2.15. The first-order valence-corrected chi connectivity index (χ1v) is 11.8. The number of sulfone groups is 1. The molecule has 2 aromatic rings. The number of rotatable bonds is 6. The maximum Gasteiger partial charge on any atom is 0.253 e. The number of hydrogen-bond acceptors (Lipinski definition) is 5. The highest BCUT2D eigenvalue weighted by Gasteiger charge is 2.32. The number of pyridine rings is 1. The molecule has 0 atom stereocenters. The molecule has 3 rings (SSSR count). The molecule has 28 heavy (non-hydrogen) atoms. The fourth-order valence-corrected chi connectivity index (χ4v) is 4.48. The molecule has 1 aliphatic heterocycles. The van der Waals surface area contributed by atoms with Crippen molar-refractivity contribution in [2.45, 2.75) is 65.7 Å². The van der Waals surface area contributed by atoms with Gasteiger partial charge < -0.3 is 4.57 Å². The molecular weight excluding hydrogens is 374 g/mol. The van der Waals surface area contributed by atoms with Crippen LogP contribution in [0.2, 0.25) is 0 Å². The van der Waals surface area contributed by atoms with Crippen molar-refractivity contribution in [2.24, 2.45) is 5.41 Å². The molecule has 0 bridgehead atoms. The average molecular weight is 404 g/mol. The third-order valence-electron chi connectivity index (χ3n) is 5.17. The Morgan fingerprint density at radius 3 is 2.64 bits per heavy atom. The van der Waals surface area contributed by atoms with Crippen LogP contribution < -0.4 is 5.56 Å². The molecule has 0 radical (unpaired) electrons. The van der Waals surface area contributed by atoms with E-state index in [4.69, 9.17) is 0 Å². The molecule has 0 amide bonds. The van der Waals surface area contributed by atoms with Crippen LogP contribution in [0, 0.1) is 12.3 Å². The third-order valence-corrected chi connectivity index (χ3v) is 5.96. The monoisotopic (exact) mass is 403 g/mol. The van der Waals surface area contributed by atoms with Crippen molar-refractivity contribution in [1.82, 2.24) is 14.5 Å². The Labute approximate surface area is 167 Å². The Kier molecular flexibility index (Phi) is 5.49. The topological polar surface area (TPSA) is 81.9 Å². The molecule has 0 spiro atoms. The first-order chi connectivity index (χ1) is 13.0. The van der Waals surface area contributed by atoms with E-state index in [2.05, 4.69) is 30.7 Å². The average Bonchev–Trinajstić information content (AvgIpc) is 2.91. The highest BCUT2D eigenvalue weighted by atomic mass is 32.2. The van der Waals surface area contributed by atoms with Gasteiger partial charge in [0.2, 0.25) is 0 Å². The maximum atomic E-state index is 12.7. The Balaban J connectivity index is 2.22. The number of aromatic nitrogens is 3. The minimum atomic E-state index is -3.23. The van der Waals surface area contributed by atoms with Crippen LogP contribution in [0.3, 0.4) is 0 Å². The van der Waals surface area contributed by atoms with Crippen LogP contribution >= 0.6 is 0 Å². The maximum absolute atomic E-state index is 12.7. The van der Waals surface area contributed by atoms with Crippen molar-refractivity contribution in [3.63, 3.8) is 0 Å². The zero-order valence-corrected chi connectivity index (χ0v) is 18.2. The molecule has 7 heteroatoms. The molecule has 0 aromatic carbocycles. The van der Waals surface area contributed by atoms with E-state index in [1.807, 2.05) is 17.6 Å². The summed E-state index contributed by atoms with van der Waals surface area (Å²) in [6, 6.07) is 1.91. The second-order valence-electron chi connectivity index (χ2n) is 8.75. The molecule has 152 valence electrons. The molecular formula is C21H29N3O3S. The molecule has 0 unspecified atom stereocenters. The smallest absolute Gasteiger partial charge is 0.253 e. The van der Waals surface area contributed by atoms with Gasteiger partial charge in [-0.3, -0.25) is 4.79 Å². The molecule has 0 saturated carbocycles. The van der Waals surface area contributed by atoms with Gasteiger partial charge in [0.05, 0.1) is 5.69 Å². The summed E-state index contributed by atoms with van der Waals surface area (Å²) in [5.41, 5.74) is 4.43. The van der Waals surface area contributed by atoms with Crippen molar-refractivity contribution in [1.29, 1.82) is 0 Å². The quantitative estimate of drug-likeness (QED) is 0.740. The van der Waals surface area contributed by atoms with E-state index in [1.165, 1.54) is 6.26 Å². The lowest BCUT2D eigenvalue weighted by molar-refractivity contribution is 0.357. The van der Waals surface area contributed by atoms with Gasteiger partial charge in [-0.15, -0.1) is 0 Å². The van der Waals surface area contributed by atoms with Gasteiger partial charge in [-0.2, -0.15) is 0 Å². The largest absolute Gasteiger partial charge is 0.311 e. The highest BCUT2D eigenvalue weighted by Crippen LogP contribution is 2.37. The summed E-state index contributed by atoms with van der Waals surface area (Å²) in [6.45, 7) is 8.96. The summed E-state index contributed by atoms with van der Waals surface area (Å²) in [7, 11) is -3.23. The lowest BCUT2D eigenvalue weighted by atomic mass is 9.89. The van der Waals surface area contributed by atoms with Gasteiger partial charge in [-0.05, 0) is 43.2 Å². The van der Waals surface area contributed by atoms with E-state index in [9.17, 15) is 13.2 Å². The molecule has 3 heterocycles. The highest BCUT2D eigenvalue weighted by molar-refractivity contribution is 7.89. The van der Waals surface area contributed by atoms with Crippen LogP contribution in [0.5, 0.6) is 0 Å². The predicted octanol–water partition coefficient (Wildman–Crippen LogP) is 3.08. The van der Waals surface area contributed by atoms with Gasteiger partial charge in [-0.25, -0.2) is 18.4 Å². The van der Waals surface area contributed by atoms with Crippen molar-refractivity contribution in [3.8, 4) is 11.3 Å². The Morgan fingerprint density at radius 2 is 2.00 bits per heavy atom. The van der Waals surface area contributed by atoms with Gasteiger partial charge in [0.25, 0.3) is 5.56 Å². The van der Waals surface area contributed by atoms with Crippen LogP contribution in [0.15, 0.2) is 17.1 Å². The van der Waals surface area contributed by atoms with Gasteiger partial charge in [0.15, 0.2) is 9.84 Å². The number of aryl methyl sites for hydroxylation is 2. The Hall–Kier alpha value is -2.02. The van der Waals surface area contributed by atoms with E-state index in [0.29, 0.717) is 17.9 Å². The van der Waals surface area contributed by atoms with Crippen LogP contribution in [0.1, 0.15) is 56.3 Å². The van der Waals surface area contributed by atoms with Gasteiger partial charge >= 0.3 is 0 Å². The summed E-state index contributed by atoms with van der Waals surface area (Å²) in [5, 5.41) is 0. The van der Waals surface area contributed by atoms with E-state index < -0.39 is 9.84 Å². The van der Waals surface area contributed by atoms with Gasteiger partial charge in [-0.1, -0.05) is 27.2 Å². The number of hydrogen-bond donors (Lipinski definition) is 0. The second-order valence-corrected chi connectivity index (χ2v) is 10.9. The zero-order chi connectivity index (χ0) is 20.7. The summed E-state index contributed by atoms with van der Waals surface area (Å²) in [4.78, 5) is 21.7. The van der Waals surface area contributed by atoms with Crippen LogP contribution in [-0.4, -0.2) is 29.2 Å². The minimum absolute atomic E-state index is 0.000896. The van der Waals surface area contributed by atoms with Crippen LogP contribution in [0.25, 0.3) is 11.3 Å². The van der Waals surface area contributed by atoms with E-state index in [0.717, 1.165) is 48.2 Å². The summed E-state index contributed by atoms with van der Waals surface area (Å²) < 4.78 is 25.4. The van der Waals surface area contributed by atoms with E-state index in [-0.39, 0.29) is 16.7 Å². The molecule has 6 nitrogen and oxygen atoms in total. The van der Waals surface area contributed by atoms with Crippen LogP contribution in [-0.2, 0) is 35.0 Å². The van der Waals surface area contributed by atoms with Crippen molar-refractivity contribution < 1.29 is 8.42 Å².